The van der Waals surface area contributed by atoms with Gasteiger partial charge in [-0.3, -0.25) is 9.48 Å². The van der Waals surface area contributed by atoms with Gasteiger partial charge in [0.25, 0.3) is 5.95 Å². The summed E-state index contributed by atoms with van der Waals surface area (Å²) in [5, 5.41) is 17.1. The molecule has 2 aromatic heterocycles. The van der Waals surface area contributed by atoms with Crippen LogP contribution >= 0.6 is 0 Å². The highest BCUT2D eigenvalue weighted by Crippen LogP contribution is 2.51. The van der Waals surface area contributed by atoms with Gasteiger partial charge < -0.3 is 25.0 Å². The van der Waals surface area contributed by atoms with E-state index in [4.69, 9.17) is 9.47 Å². The first kappa shape index (κ1) is 30.4. The molecule has 226 valence electrons. The number of aromatic nitrogens is 4. The quantitative estimate of drug-likeness (QED) is 0.378. The van der Waals surface area contributed by atoms with Crippen LogP contribution in [0.5, 0.6) is 5.88 Å². The third kappa shape index (κ3) is 7.79. The zero-order valence-corrected chi connectivity index (χ0v) is 24.2. The van der Waals surface area contributed by atoms with Gasteiger partial charge in [-0.25, -0.2) is 13.6 Å². The lowest BCUT2D eigenvalue weighted by Gasteiger charge is -2.28. The number of amides is 2. The van der Waals surface area contributed by atoms with E-state index in [2.05, 4.69) is 25.9 Å². The summed E-state index contributed by atoms with van der Waals surface area (Å²) < 4.78 is 54.3. The van der Waals surface area contributed by atoms with Crippen molar-refractivity contribution in [3.8, 4) is 5.88 Å². The zero-order valence-electron chi connectivity index (χ0n) is 24.2. The molecule has 2 heterocycles. The van der Waals surface area contributed by atoms with E-state index in [1.165, 1.54) is 13.2 Å². The second-order valence-corrected chi connectivity index (χ2v) is 11.9. The van der Waals surface area contributed by atoms with Crippen molar-refractivity contribution >= 4 is 23.5 Å². The van der Waals surface area contributed by atoms with Crippen LogP contribution < -0.4 is 20.3 Å². The molecule has 2 saturated carbocycles. The van der Waals surface area contributed by atoms with Crippen molar-refractivity contribution in [1.29, 1.82) is 0 Å². The predicted molar refractivity (Wildman–Crippen MR) is 145 cm³/mol. The summed E-state index contributed by atoms with van der Waals surface area (Å²) in [5.74, 6) is -0.894. The lowest BCUT2D eigenvalue weighted by atomic mass is 9.88. The van der Waals surface area contributed by atoms with Gasteiger partial charge in [0.1, 0.15) is 17.3 Å². The molecule has 2 aliphatic carbocycles. The monoisotopic (exact) mass is 581 g/mol. The molecule has 2 amide bonds. The summed E-state index contributed by atoms with van der Waals surface area (Å²) in [7, 11) is 4.75. The number of hydrogen-bond donors (Lipinski definition) is 2. The Morgan fingerprint density at radius 1 is 1.15 bits per heavy atom. The topological polar surface area (TPSA) is 124 Å². The third-order valence-corrected chi connectivity index (χ3v) is 7.12. The molecule has 2 aliphatic rings. The highest BCUT2D eigenvalue weighted by Gasteiger charge is 2.48. The average Bonchev–Trinajstić information content (AvgIpc) is 3.81. The minimum atomic E-state index is -2.77. The van der Waals surface area contributed by atoms with Gasteiger partial charge in [0.05, 0.1) is 19.3 Å². The molecule has 2 N–H and O–H groups in total. The second-order valence-electron chi connectivity index (χ2n) is 11.9. The maximum absolute atomic E-state index is 15.2. The maximum atomic E-state index is 15.2. The Morgan fingerprint density at radius 3 is 2.29 bits per heavy atom. The molecule has 0 spiro atoms. The molecular weight excluding hydrogens is 543 g/mol. The van der Waals surface area contributed by atoms with Crippen molar-refractivity contribution in [1.82, 2.24) is 25.3 Å². The lowest BCUT2D eigenvalue weighted by Crippen LogP contribution is -2.51. The Morgan fingerprint density at radius 2 is 1.78 bits per heavy atom. The van der Waals surface area contributed by atoms with Crippen molar-refractivity contribution in [3.63, 3.8) is 0 Å². The van der Waals surface area contributed by atoms with Crippen LogP contribution in [0.1, 0.15) is 64.5 Å². The van der Waals surface area contributed by atoms with Gasteiger partial charge in [0.15, 0.2) is 5.82 Å². The second kappa shape index (κ2) is 12.1. The number of methoxy groups -OCH3 is 1. The minimum absolute atomic E-state index is 0.0129. The number of carbonyl (C=O) groups excluding carboxylic acids is 2. The fraction of sp³-hybridized carbons (Fsp3) is 0.667. The van der Waals surface area contributed by atoms with Crippen LogP contribution in [0.15, 0.2) is 12.3 Å². The summed E-state index contributed by atoms with van der Waals surface area (Å²) in [5.41, 5.74) is -0.856. The molecule has 0 bridgehead atoms. The average molecular weight is 582 g/mol. The molecule has 11 nitrogen and oxygen atoms in total. The Bertz CT molecular complexity index is 1230. The number of hydrogen-bond acceptors (Lipinski definition) is 8. The van der Waals surface area contributed by atoms with Crippen molar-refractivity contribution in [3.05, 3.63) is 23.8 Å². The highest BCUT2D eigenvalue weighted by atomic mass is 19.3. The number of nitrogens with zero attached hydrogens (tertiary/aromatic N) is 5. The number of halogens is 3. The first-order valence-electron chi connectivity index (χ1n) is 13.7. The molecule has 0 aliphatic heterocycles. The number of anilines is 2. The minimum Gasteiger partial charge on any atom is -0.480 e. The standard InChI is InChI=1S/C27H38F3N7O4/c1-27(2,3)41-26(39)32-22(21(14-7-8-14)15-9-10-15)24(38)31-17-13-37(35-23(17)30)18(12-19(28)29)16-11-20(36(4)5)33-34-25(16)40-6/h11,13-15,18-19,21-22H,7-10,12H2,1-6H3,(H,31,38)(H,32,39). The van der Waals surface area contributed by atoms with E-state index in [1.54, 1.807) is 39.8 Å². The van der Waals surface area contributed by atoms with Gasteiger partial charge in [0, 0.05) is 26.1 Å². The van der Waals surface area contributed by atoms with Crippen LogP contribution in [-0.2, 0) is 9.53 Å². The number of rotatable bonds is 12. The molecular formula is C27H38F3N7O4. The molecule has 2 unspecified atom stereocenters. The fourth-order valence-corrected chi connectivity index (χ4v) is 5.03. The summed E-state index contributed by atoms with van der Waals surface area (Å²) in [6.07, 6.45) is 0.690. The van der Waals surface area contributed by atoms with E-state index < -0.39 is 48.5 Å². The summed E-state index contributed by atoms with van der Waals surface area (Å²) in [6, 6.07) is -0.620. The van der Waals surface area contributed by atoms with Gasteiger partial charge in [0.2, 0.25) is 18.2 Å². The van der Waals surface area contributed by atoms with Gasteiger partial charge in [-0.1, -0.05) is 0 Å². The fourth-order valence-electron chi connectivity index (χ4n) is 5.03. The van der Waals surface area contributed by atoms with Crippen molar-refractivity contribution in [2.24, 2.45) is 17.8 Å². The Balaban J connectivity index is 1.62. The van der Waals surface area contributed by atoms with E-state index in [0.717, 1.165) is 36.6 Å². The van der Waals surface area contributed by atoms with Crippen LogP contribution in [0.4, 0.5) is 29.5 Å². The van der Waals surface area contributed by atoms with Gasteiger partial charge >= 0.3 is 6.09 Å². The molecule has 0 aromatic carbocycles. The smallest absolute Gasteiger partial charge is 0.408 e. The molecule has 41 heavy (non-hydrogen) atoms. The normalized spacial score (nSPS) is 16.9. The van der Waals surface area contributed by atoms with Gasteiger partial charge in [-0.2, -0.15) is 4.39 Å². The van der Waals surface area contributed by atoms with E-state index in [-0.39, 0.29) is 34.9 Å². The number of nitrogens with one attached hydrogen (secondary N) is 2. The number of alkyl carbamates (subject to hydrolysis) is 1. The maximum Gasteiger partial charge on any atom is 0.408 e. The van der Waals surface area contributed by atoms with E-state index in [1.807, 2.05) is 0 Å². The molecule has 0 saturated heterocycles. The van der Waals surface area contributed by atoms with E-state index in [0.29, 0.717) is 5.82 Å². The van der Waals surface area contributed by atoms with Crippen LogP contribution in [-0.4, -0.2) is 71.3 Å². The van der Waals surface area contributed by atoms with E-state index in [9.17, 15) is 18.4 Å². The zero-order chi connectivity index (χ0) is 30.1. The molecule has 0 radical (unpaired) electrons. The lowest BCUT2D eigenvalue weighted by molar-refractivity contribution is -0.120. The Kier molecular flexibility index (Phi) is 8.97. The summed E-state index contributed by atoms with van der Waals surface area (Å²) >= 11 is 0. The number of carbonyl (C=O) groups is 2. The van der Waals surface area contributed by atoms with Crippen LogP contribution in [0, 0.1) is 23.7 Å². The van der Waals surface area contributed by atoms with Gasteiger partial charge in [-0.15, -0.1) is 15.3 Å². The largest absolute Gasteiger partial charge is 0.480 e. The van der Waals surface area contributed by atoms with Crippen LogP contribution in [0.2, 0.25) is 0 Å². The summed E-state index contributed by atoms with van der Waals surface area (Å²) in [4.78, 5) is 27.9. The van der Waals surface area contributed by atoms with Crippen molar-refractivity contribution in [2.45, 2.75) is 77.0 Å². The highest BCUT2D eigenvalue weighted by molar-refractivity contribution is 5.96. The van der Waals surface area contributed by atoms with Crippen molar-refractivity contribution in [2.75, 3.05) is 31.4 Å². The predicted octanol–water partition coefficient (Wildman–Crippen LogP) is 4.40. The molecule has 2 aromatic rings. The summed E-state index contributed by atoms with van der Waals surface area (Å²) in [6.45, 7) is 5.15. The first-order chi connectivity index (χ1) is 19.3. The molecule has 14 heteroatoms. The van der Waals surface area contributed by atoms with Crippen LogP contribution in [0.25, 0.3) is 0 Å². The SMILES string of the molecule is COc1nnc(N(C)C)cc1C(CC(F)F)n1cc(NC(=O)C(NC(=O)OC(C)(C)C)C(C2CC2)C2CC2)c(F)n1. The van der Waals surface area contributed by atoms with Crippen molar-refractivity contribution < 1.29 is 32.2 Å². The first-order valence-corrected chi connectivity index (χ1v) is 13.7. The number of ether oxygens (including phenoxy) is 2. The Hall–Kier alpha value is -3.58. The van der Waals surface area contributed by atoms with Gasteiger partial charge in [-0.05, 0) is 70.3 Å². The molecule has 2 fully saturated rings. The molecule has 4 rings (SSSR count). The van der Waals surface area contributed by atoms with E-state index >= 15 is 4.39 Å². The molecule has 2 atom stereocenters. The number of alkyl halides is 2. The van der Waals surface area contributed by atoms with Crippen LogP contribution in [0.3, 0.4) is 0 Å². The Labute approximate surface area is 237 Å². The third-order valence-electron chi connectivity index (χ3n) is 7.12.